The molecular weight excluding hydrogens is 473 g/mol. The summed E-state index contributed by atoms with van der Waals surface area (Å²) in [7, 11) is 4.59. The van der Waals surface area contributed by atoms with E-state index in [1.165, 1.54) is 42.9 Å². The van der Waals surface area contributed by atoms with Gasteiger partial charge in [0.25, 0.3) is 0 Å². The molecule has 2 fully saturated rings. The van der Waals surface area contributed by atoms with Crippen molar-refractivity contribution in [3.63, 3.8) is 0 Å². The van der Waals surface area contributed by atoms with Gasteiger partial charge in [0, 0.05) is 27.9 Å². The van der Waals surface area contributed by atoms with E-state index in [1.54, 1.807) is 10.8 Å². The van der Waals surface area contributed by atoms with Crippen LogP contribution < -0.4 is 0 Å². The van der Waals surface area contributed by atoms with Crippen LogP contribution in [0.3, 0.4) is 0 Å². The SMILES string of the molecule is CC(C)(C)[C]1[CH][C](C(C)(C)C)[C](C(C)(C)C)[CH]1.CC(C)(C)[C]1[P][P][C](C(C)(C)C)[P]1.[Fe]. The summed E-state index contributed by atoms with van der Waals surface area (Å²) in [5.41, 5.74) is 1.48. The van der Waals surface area contributed by atoms with Crippen LogP contribution in [0.15, 0.2) is 0 Å². The maximum Gasteiger partial charge on any atom is 0.0437 e. The average molecular weight is 520 g/mol. The van der Waals surface area contributed by atoms with E-state index in [0.29, 0.717) is 10.8 Å². The Morgan fingerprint density at radius 2 is 0.742 bits per heavy atom. The van der Waals surface area contributed by atoms with Gasteiger partial charge < -0.3 is 0 Å². The van der Waals surface area contributed by atoms with Crippen LogP contribution in [0, 0.1) is 68.5 Å². The molecule has 10 radical (unpaired) electrons. The van der Waals surface area contributed by atoms with Crippen molar-refractivity contribution in [3.8, 4) is 0 Å². The Morgan fingerprint density at radius 3 is 0.903 bits per heavy atom. The fourth-order valence-electron chi connectivity index (χ4n) is 3.06. The molecule has 0 nitrogen and oxygen atoms in total. The van der Waals surface area contributed by atoms with Crippen LogP contribution in [-0.4, -0.2) is 0 Å². The fourth-order valence-corrected chi connectivity index (χ4v) is 9.89. The van der Waals surface area contributed by atoms with E-state index in [2.05, 4.69) is 117 Å². The first-order valence-electron chi connectivity index (χ1n) is 11.2. The smallest absolute Gasteiger partial charge is 0.0437 e. The first-order chi connectivity index (χ1) is 13.0. The standard InChI is InChI=1S/C17H29.C10H18P3.Fe/c1-15(2,3)12-10-13(16(4,5)6)14(11-12)17(7,8)9;1-9(2,3)7-11-8(13-12-7)10(4,5)6;/h10-11H,1-9H3;1-6H3;. The molecule has 0 aromatic rings. The first-order valence-corrected chi connectivity index (χ1v) is 14.6. The van der Waals surface area contributed by atoms with Crippen LogP contribution in [0.2, 0.25) is 0 Å². The third-order valence-electron chi connectivity index (χ3n) is 5.16. The Kier molecular flexibility index (Phi) is 11.9. The number of hydrogen-bond donors (Lipinski definition) is 0. The summed E-state index contributed by atoms with van der Waals surface area (Å²) in [6.45, 7) is 34.7. The van der Waals surface area contributed by atoms with Crippen molar-refractivity contribution in [1.82, 2.24) is 0 Å². The second-order valence-electron chi connectivity index (χ2n) is 13.8. The van der Waals surface area contributed by atoms with Crippen molar-refractivity contribution >= 4 is 25.1 Å². The molecule has 1 aliphatic heterocycles. The molecule has 178 valence electrons. The monoisotopic (exact) mass is 520 g/mol. The van der Waals surface area contributed by atoms with E-state index >= 15 is 0 Å². The number of rotatable bonds is 0. The molecule has 4 heteroatoms. The van der Waals surface area contributed by atoms with Gasteiger partial charge in [-0.05, 0) is 74.2 Å². The molecule has 1 heterocycles. The van der Waals surface area contributed by atoms with Gasteiger partial charge in [0.05, 0.1) is 0 Å². The summed E-state index contributed by atoms with van der Waals surface area (Å²) in [5, 5.41) is 3.36. The normalized spacial score (nSPS) is 24.1. The van der Waals surface area contributed by atoms with Crippen LogP contribution in [-0.2, 0) is 17.1 Å². The van der Waals surface area contributed by atoms with Crippen LogP contribution >= 0.6 is 25.1 Å². The molecular formula is C27H47FeP3. The minimum atomic E-state index is 0. The zero-order chi connectivity index (χ0) is 23.9. The van der Waals surface area contributed by atoms with Gasteiger partial charge in [-0.1, -0.05) is 112 Å². The van der Waals surface area contributed by atoms with Crippen LogP contribution in [0.25, 0.3) is 0 Å². The van der Waals surface area contributed by atoms with Gasteiger partial charge >= 0.3 is 0 Å². The zero-order valence-electron chi connectivity index (χ0n) is 22.8. The van der Waals surface area contributed by atoms with Crippen molar-refractivity contribution in [3.05, 3.63) is 41.4 Å². The maximum absolute atomic E-state index is 2.42. The summed E-state index contributed by atoms with van der Waals surface area (Å²) >= 11 is 0. The van der Waals surface area contributed by atoms with Gasteiger partial charge in [-0.2, -0.15) is 0 Å². The summed E-state index contributed by atoms with van der Waals surface area (Å²) in [5.74, 6) is 4.48. The second-order valence-corrected chi connectivity index (χ2v) is 18.1. The molecule has 0 spiro atoms. The van der Waals surface area contributed by atoms with E-state index in [4.69, 9.17) is 0 Å². The molecule has 0 unspecified atom stereocenters. The van der Waals surface area contributed by atoms with Crippen molar-refractivity contribution in [2.45, 2.75) is 104 Å². The molecule has 0 aromatic heterocycles. The van der Waals surface area contributed by atoms with Gasteiger partial charge in [0.2, 0.25) is 0 Å². The minimum absolute atomic E-state index is 0. The molecule has 0 bridgehead atoms. The van der Waals surface area contributed by atoms with Gasteiger partial charge in [-0.3, -0.25) is 0 Å². The molecule has 1 aliphatic carbocycles. The van der Waals surface area contributed by atoms with E-state index < -0.39 is 0 Å². The summed E-state index contributed by atoms with van der Waals surface area (Å²) < 4.78 is 0. The molecule has 2 aliphatic rings. The first kappa shape index (κ1) is 32.8. The molecule has 0 N–H and O–H groups in total. The summed E-state index contributed by atoms with van der Waals surface area (Å²) in [6, 6.07) is 0. The van der Waals surface area contributed by atoms with Crippen molar-refractivity contribution < 1.29 is 17.1 Å². The Morgan fingerprint density at radius 1 is 0.452 bits per heavy atom. The molecule has 0 aromatic carbocycles. The largest absolute Gasteiger partial charge is 0.0596 e. The minimum Gasteiger partial charge on any atom is -0.0596 e. The van der Waals surface area contributed by atoms with Crippen molar-refractivity contribution in [2.24, 2.45) is 27.1 Å². The zero-order valence-corrected chi connectivity index (χ0v) is 26.6. The quantitative estimate of drug-likeness (QED) is 0.220. The van der Waals surface area contributed by atoms with Crippen LogP contribution in [0.1, 0.15) is 104 Å². The Labute approximate surface area is 213 Å². The van der Waals surface area contributed by atoms with E-state index in [0.717, 1.165) is 0 Å². The maximum atomic E-state index is 2.42. The Hall–Kier alpha value is 1.81. The second kappa shape index (κ2) is 11.2. The van der Waals surface area contributed by atoms with Gasteiger partial charge in [0.1, 0.15) is 0 Å². The molecule has 1 saturated heterocycles. The van der Waals surface area contributed by atoms with Crippen LogP contribution in [0.5, 0.6) is 0 Å². The topological polar surface area (TPSA) is 0 Å². The van der Waals surface area contributed by atoms with Gasteiger partial charge in [-0.15, -0.1) is 0 Å². The summed E-state index contributed by atoms with van der Waals surface area (Å²) in [6.07, 6.45) is 4.83. The number of hydrogen-bond acceptors (Lipinski definition) is 0. The van der Waals surface area contributed by atoms with Gasteiger partial charge in [-0.25, -0.2) is 0 Å². The Bertz CT molecular complexity index is 495. The molecule has 0 atom stereocenters. The summed E-state index contributed by atoms with van der Waals surface area (Å²) in [4.78, 5) is 0. The Balaban J connectivity index is 0.000000581. The third kappa shape index (κ3) is 10.1. The average Bonchev–Trinajstić information content (AvgIpc) is 3.13. The van der Waals surface area contributed by atoms with E-state index in [1.807, 2.05) is 0 Å². The molecule has 2 rings (SSSR count). The fraction of sp³-hybridized carbons (Fsp3) is 0.741. The van der Waals surface area contributed by atoms with Crippen LogP contribution in [0.4, 0.5) is 0 Å². The molecule has 31 heavy (non-hydrogen) atoms. The molecule has 1 saturated carbocycles. The van der Waals surface area contributed by atoms with Crippen molar-refractivity contribution in [2.75, 3.05) is 0 Å². The molecule has 0 amide bonds. The van der Waals surface area contributed by atoms with E-state index in [9.17, 15) is 0 Å². The predicted molar refractivity (Wildman–Crippen MR) is 143 cm³/mol. The van der Waals surface area contributed by atoms with Gasteiger partial charge in [0.15, 0.2) is 0 Å². The van der Waals surface area contributed by atoms with E-state index in [-0.39, 0.29) is 33.3 Å². The van der Waals surface area contributed by atoms with Crippen molar-refractivity contribution in [1.29, 1.82) is 0 Å². The predicted octanol–water partition coefficient (Wildman–Crippen LogP) is 11.1. The third-order valence-corrected chi connectivity index (χ3v) is 12.4.